The number of aliphatic hydroxyl groups is 2. The number of alkyl halides is 2. The number of hydrogen-bond donors (Lipinski definition) is 2. The zero-order valence-electron chi connectivity index (χ0n) is 10.8. The third kappa shape index (κ3) is 5.61. The molecule has 0 aromatic heterocycles. The van der Waals surface area contributed by atoms with E-state index in [-0.39, 0.29) is 26.3 Å². The molecule has 0 saturated heterocycles. The molecule has 0 heterocycles. The molecule has 0 spiro atoms. The highest BCUT2D eigenvalue weighted by Gasteiger charge is 2.14. The Labute approximate surface area is 115 Å². The predicted octanol–water partition coefficient (Wildman–Crippen LogP) is 1.23. The SMILES string of the molecule is OCC#Cc1cc(F)ccc1CN(CCO)CC(F)F. The highest BCUT2D eigenvalue weighted by Crippen LogP contribution is 2.14. The van der Waals surface area contributed by atoms with Crippen LogP contribution in [0.5, 0.6) is 0 Å². The van der Waals surface area contributed by atoms with Crippen molar-refractivity contribution in [2.24, 2.45) is 0 Å². The fourth-order valence-electron chi connectivity index (χ4n) is 1.75. The molecule has 110 valence electrons. The second-order valence-corrected chi connectivity index (χ2v) is 4.11. The molecule has 20 heavy (non-hydrogen) atoms. The van der Waals surface area contributed by atoms with Crippen LogP contribution in [0, 0.1) is 17.7 Å². The molecule has 0 radical (unpaired) electrons. The minimum Gasteiger partial charge on any atom is -0.395 e. The summed E-state index contributed by atoms with van der Waals surface area (Å²) in [6.45, 7) is -0.876. The Morgan fingerprint density at radius 2 is 2.00 bits per heavy atom. The maximum atomic E-state index is 13.2. The molecule has 0 saturated carbocycles. The lowest BCUT2D eigenvalue weighted by Crippen LogP contribution is -2.31. The number of nitrogens with zero attached hydrogens (tertiary/aromatic N) is 1. The van der Waals surface area contributed by atoms with Crippen LogP contribution in [0.3, 0.4) is 0 Å². The fourth-order valence-corrected chi connectivity index (χ4v) is 1.75. The monoisotopic (exact) mass is 287 g/mol. The van der Waals surface area contributed by atoms with Crippen LogP contribution in [-0.2, 0) is 6.54 Å². The molecule has 3 nitrogen and oxygen atoms in total. The summed E-state index contributed by atoms with van der Waals surface area (Å²) in [7, 11) is 0. The first-order valence-electron chi connectivity index (χ1n) is 6.06. The van der Waals surface area contributed by atoms with E-state index in [1.54, 1.807) is 0 Å². The van der Waals surface area contributed by atoms with Crippen molar-refractivity contribution in [3.05, 3.63) is 35.1 Å². The summed E-state index contributed by atoms with van der Waals surface area (Å²) >= 11 is 0. The average molecular weight is 287 g/mol. The van der Waals surface area contributed by atoms with Crippen molar-refractivity contribution >= 4 is 0 Å². The molecule has 0 atom stereocenters. The van der Waals surface area contributed by atoms with E-state index in [2.05, 4.69) is 11.8 Å². The van der Waals surface area contributed by atoms with Gasteiger partial charge in [-0.2, -0.15) is 0 Å². The normalized spacial score (nSPS) is 10.8. The molecule has 2 N–H and O–H groups in total. The van der Waals surface area contributed by atoms with Gasteiger partial charge in [-0.3, -0.25) is 4.90 Å². The first kappa shape index (κ1) is 16.5. The van der Waals surface area contributed by atoms with Crippen LogP contribution in [0.2, 0.25) is 0 Å². The molecule has 0 fully saturated rings. The lowest BCUT2D eigenvalue weighted by molar-refractivity contribution is 0.0746. The Morgan fingerprint density at radius 1 is 1.25 bits per heavy atom. The Hall–Kier alpha value is -1.55. The van der Waals surface area contributed by atoms with Crippen molar-refractivity contribution in [1.29, 1.82) is 0 Å². The molecule has 6 heteroatoms. The van der Waals surface area contributed by atoms with Gasteiger partial charge in [0, 0.05) is 18.7 Å². The highest BCUT2D eigenvalue weighted by molar-refractivity contribution is 5.41. The quantitative estimate of drug-likeness (QED) is 0.773. The van der Waals surface area contributed by atoms with E-state index in [1.807, 2.05) is 0 Å². The molecule has 0 aliphatic rings. The van der Waals surface area contributed by atoms with Crippen LogP contribution in [0.1, 0.15) is 11.1 Å². The standard InChI is InChI=1S/C14H16F3NO2/c15-13-4-3-12(11(8-13)2-1-6-19)9-18(5-7-20)10-14(16)17/h3-4,8,14,19-20H,5-7,9-10H2. The molecule has 0 unspecified atom stereocenters. The van der Waals surface area contributed by atoms with E-state index in [9.17, 15) is 13.2 Å². The van der Waals surface area contributed by atoms with Gasteiger partial charge in [-0.1, -0.05) is 17.9 Å². The van der Waals surface area contributed by atoms with Gasteiger partial charge in [0.25, 0.3) is 6.43 Å². The van der Waals surface area contributed by atoms with Crippen LogP contribution in [0.25, 0.3) is 0 Å². The summed E-state index contributed by atoms with van der Waals surface area (Å²) in [5.74, 6) is 4.50. The fraction of sp³-hybridized carbons (Fsp3) is 0.429. The van der Waals surface area contributed by atoms with E-state index in [1.165, 1.54) is 23.1 Å². The molecule has 0 aliphatic heterocycles. The zero-order valence-corrected chi connectivity index (χ0v) is 10.8. The summed E-state index contributed by atoms with van der Waals surface area (Å²) in [6.07, 6.45) is -2.52. The molecular formula is C14H16F3NO2. The third-order valence-electron chi connectivity index (χ3n) is 2.58. The van der Waals surface area contributed by atoms with Gasteiger partial charge < -0.3 is 10.2 Å². The number of rotatable bonds is 6. The maximum absolute atomic E-state index is 13.2. The van der Waals surface area contributed by atoms with Gasteiger partial charge in [-0.05, 0) is 17.7 Å². The van der Waals surface area contributed by atoms with Crippen LogP contribution in [0.4, 0.5) is 13.2 Å². The second kappa shape index (κ2) is 8.59. The number of hydrogen-bond acceptors (Lipinski definition) is 3. The van der Waals surface area contributed by atoms with Crippen molar-refractivity contribution in [3.63, 3.8) is 0 Å². The average Bonchev–Trinajstić information content (AvgIpc) is 2.38. The summed E-state index contributed by atoms with van der Waals surface area (Å²) in [5.41, 5.74) is 0.915. The summed E-state index contributed by atoms with van der Waals surface area (Å²) < 4.78 is 38.0. The van der Waals surface area contributed by atoms with Gasteiger partial charge in [-0.15, -0.1) is 0 Å². The van der Waals surface area contributed by atoms with Gasteiger partial charge in [0.05, 0.1) is 13.2 Å². The van der Waals surface area contributed by atoms with E-state index >= 15 is 0 Å². The number of aliphatic hydroxyl groups excluding tert-OH is 2. The predicted molar refractivity (Wildman–Crippen MR) is 68.7 cm³/mol. The summed E-state index contributed by atoms with van der Waals surface area (Å²) in [6, 6.07) is 3.88. The van der Waals surface area contributed by atoms with Crippen molar-refractivity contribution in [3.8, 4) is 11.8 Å². The Kier molecular flexibility index (Phi) is 7.09. The van der Waals surface area contributed by atoms with Gasteiger partial charge in [0.15, 0.2) is 0 Å². The van der Waals surface area contributed by atoms with Gasteiger partial charge in [-0.25, -0.2) is 13.2 Å². The van der Waals surface area contributed by atoms with E-state index in [0.29, 0.717) is 11.1 Å². The van der Waals surface area contributed by atoms with Crippen molar-refractivity contribution in [2.75, 3.05) is 26.3 Å². The van der Waals surface area contributed by atoms with E-state index in [4.69, 9.17) is 10.2 Å². The van der Waals surface area contributed by atoms with Gasteiger partial charge in [0.1, 0.15) is 12.4 Å². The first-order valence-corrected chi connectivity index (χ1v) is 6.06. The zero-order chi connectivity index (χ0) is 15.0. The molecule has 0 bridgehead atoms. The topological polar surface area (TPSA) is 43.7 Å². The summed E-state index contributed by atoms with van der Waals surface area (Å²) in [5, 5.41) is 17.5. The van der Waals surface area contributed by atoms with Crippen molar-refractivity contribution < 1.29 is 23.4 Å². The first-order chi connectivity index (χ1) is 9.56. The number of benzene rings is 1. The lowest BCUT2D eigenvalue weighted by Gasteiger charge is -2.21. The van der Waals surface area contributed by atoms with Crippen molar-refractivity contribution in [2.45, 2.75) is 13.0 Å². The van der Waals surface area contributed by atoms with E-state index in [0.717, 1.165) is 0 Å². The Morgan fingerprint density at radius 3 is 2.60 bits per heavy atom. The van der Waals surface area contributed by atoms with Crippen LogP contribution in [-0.4, -0.2) is 47.8 Å². The lowest BCUT2D eigenvalue weighted by atomic mass is 10.1. The molecule has 1 rings (SSSR count). The Balaban J connectivity index is 2.93. The highest BCUT2D eigenvalue weighted by atomic mass is 19.3. The van der Waals surface area contributed by atoms with Crippen molar-refractivity contribution in [1.82, 2.24) is 4.90 Å². The largest absolute Gasteiger partial charge is 0.395 e. The molecule has 0 aliphatic carbocycles. The van der Waals surface area contributed by atoms with Crippen LogP contribution < -0.4 is 0 Å². The van der Waals surface area contributed by atoms with Crippen LogP contribution >= 0.6 is 0 Å². The molecule has 1 aromatic rings. The third-order valence-corrected chi connectivity index (χ3v) is 2.58. The molecular weight excluding hydrogens is 271 g/mol. The molecule has 0 amide bonds. The van der Waals surface area contributed by atoms with E-state index < -0.39 is 18.8 Å². The maximum Gasteiger partial charge on any atom is 0.251 e. The van der Waals surface area contributed by atoms with Gasteiger partial charge in [0.2, 0.25) is 0 Å². The van der Waals surface area contributed by atoms with Crippen LogP contribution in [0.15, 0.2) is 18.2 Å². The Bertz CT molecular complexity index is 483. The minimum absolute atomic E-state index is 0.0919. The van der Waals surface area contributed by atoms with Gasteiger partial charge >= 0.3 is 0 Å². The number of halogens is 3. The summed E-state index contributed by atoms with van der Waals surface area (Å²) in [4.78, 5) is 1.36. The molecule has 1 aromatic carbocycles. The second-order valence-electron chi connectivity index (χ2n) is 4.11. The smallest absolute Gasteiger partial charge is 0.251 e. The minimum atomic E-state index is -2.52.